The normalized spacial score (nSPS) is 10.5. The number of benzene rings is 2. The molecule has 0 fully saturated rings. The van der Waals surface area contributed by atoms with Crippen molar-refractivity contribution in [2.45, 2.75) is 5.22 Å². The summed E-state index contributed by atoms with van der Waals surface area (Å²) < 4.78 is 11.2. The van der Waals surface area contributed by atoms with E-state index in [1.54, 1.807) is 24.3 Å². The molecule has 122 valence electrons. The highest BCUT2D eigenvalue weighted by Gasteiger charge is 2.08. The van der Waals surface area contributed by atoms with Gasteiger partial charge < -0.3 is 14.9 Å². The zero-order valence-electron chi connectivity index (χ0n) is 12.8. The number of nitrogens with one attached hydrogen (secondary N) is 1. The summed E-state index contributed by atoms with van der Waals surface area (Å²) in [6, 6.07) is 16.8. The van der Waals surface area contributed by atoms with E-state index in [1.165, 1.54) is 11.8 Å². The van der Waals surface area contributed by atoms with Gasteiger partial charge in [-0.25, -0.2) is 0 Å². The Kier molecular flexibility index (Phi) is 5.12. The van der Waals surface area contributed by atoms with Crippen LogP contribution in [0, 0.1) is 5.41 Å². The number of thioether (sulfide) groups is 1. The van der Waals surface area contributed by atoms with Gasteiger partial charge in [0.05, 0.1) is 6.61 Å². The molecule has 0 spiro atoms. The summed E-state index contributed by atoms with van der Waals surface area (Å²) in [7, 11) is 0. The average Bonchev–Trinajstić information content (AvgIpc) is 3.09. The van der Waals surface area contributed by atoms with Gasteiger partial charge in [0.15, 0.2) is 0 Å². The van der Waals surface area contributed by atoms with Gasteiger partial charge >= 0.3 is 0 Å². The van der Waals surface area contributed by atoms with Gasteiger partial charge in [-0.05, 0) is 36.4 Å². The van der Waals surface area contributed by atoms with Crippen LogP contribution in [0.1, 0.15) is 5.56 Å². The molecular weight excluding hydrogens is 324 g/mol. The van der Waals surface area contributed by atoms with Gasteiger partial charge in [0.25, 0.3) is 5.22 Å². The zero-order chi connectivity index (χ0) is 16.8. The number of aromatic nitrogens is 2. The van der Waals surface area contributed by atoms with Crippen molar-refractivity contribution in [3.8, 4) is 17.2 Å². The van der Waals surface area contributed by atoms with Crippen LogP contribution < -0.4 is 10.5 Å². The SMILES string of the molecule is N=C(N)c1ccc(OCCSc2nnc(-c3ccccc3)o2)cc1. The summed E-state index contributed by atoms with van der Waals surface area (Å²) in [6.07, 6.45) is 0. The Bertz CT molecular complexity index is 803. The topological polar surface area (TPSA) is 98.0 Å². The summed E-state index contributed by atoms with van der Waals surface area (Å²) >= 11 is 1.44. The Morgan fingerprint density at radius 1 is 1.08 bits per heavy atom. The highest BCUT2D eigenvalue weighted by Crippen LogP contribution is 2.23. The molecule has 1 aromatic heterocycles. The molecule has 0 saturated heterocycles. The minimum atomic E-state index is 0.0442. The standard InChI is InChI=1S/C17H16N4O2S/c18-15(19)12-6-8-14(9-7-12)22-10-11-24-17-21-20-16(23-17)13-4-2-1-3-5-13/h1-9H,10-11H2,(H3,18,19). The first-order valence-corrected chi connectivity index (χ1v) is 8.30. The van der Waals surface area contributed by atoms with Crippen molar-refractivity contribution in [2.75, 3.05) is 12.4 Å². The monoisotopic (exact) mass is 340 g/mol. The molecule has 3 aromatic rings. The van der Waals surface area contributed by atoms with Crippen molar-refractivity contribution in [3.63, 3.8) is 0 Å². The Hall–Kier alpha value is -2.80. The fraction of sp³-hybridized carbons (Fsp3) is 0.118. The van der Waals surface area contributed by atoms with Crippen LogP contribution >= 0.6 is 11.8 Å². The third-order valence-corrected chi connectivity index (χ3v) is 3.95. The molecule has 0 unspecified atom stereocenters. The molecule has 0 amide bonds. The van der Waals surface area contributed by atoms with E-state index in [-0.39, 0.29) is 5.84 Å². The van der Waals surface area contributed by atoms with Crippen molar-refractivity contribution in [2.24, 2.45) is 5.73 Å². The third kappa shape index (κ3) is 4.14. The second-order valence-electron chi connectivity index (χ2n) is 4.87. The molecule has 1 heterocycles. The number of nitrogens with zero attached hydrogens (tertiary/aromatic N) is 2. The second kappa shape index (κ2) is 7.65. The molecule has 2 aromatic carbocycles. The van der Waals surface area contributed by atoms with Crippen LogP contribution in [0.15, 0.2) is 64.2 Å². The lowest BCUT2D eigenvalue weighted by atomic mass is 10.2. The summed E-state index contributed by atoms with van der Waals surface area (Å²) in [5, 5.41) is 15.9. The number of hydrogen-bond donors (Lipinski definition) is 2. The van der Waals surface area contributed by atoms with E-state index in [0.29, 0.717) is 29.0 Å². The lowest BCUT2D eigenvalue weighted by Crippen LogP contribution is -2.10. The van der Waals surface area contributed by atoms with Crippen LogP contribution in [0.2, 0.25) is 0 Å². The van der Waals surface area contributed by atoms with E-state index in [9.17, 15) is 0 Å². The van der Waals surface area contributed by atoms with Crippen molar-refractivity contribution in [1.29, 1.82) is 5.41 Å². The Balaban J connectivity index is 1.47. The Morgan fingerprint density at radius 2 is 1.83 bits per heavy atom. The number of hydrogen-bond acceptors (Lipinski definition) is 6. The van der Waals surface area contributed by atoms with Crippen LogP contribution in [0.25, 0.3) is 11.5 Å². The van der Waals surface area contributed by atoms with Crippen molar-refractivity contribution in [3.05, 3.63) is 60.2 Å². The summed E-state index contributed by atoms with van der Waals surface area (Å²) in [5.41, 5.74) is 6.99. The average molecular weight is 340 g/mol. The number of nitrogen functional groups attached to an aromatic ring is 1. The predicted octanol–water partition coefficient (Wildman–Crippen LogP) is 3.19. The molecule has 0 aliphatic heterocycles. The minimum Gasteiger partial charge on any atom is -0.493 e. The van der Waals surface area contributed by atoms with Crippen molar-refractivity contribution < 1.29 is 9.15 Å². The highest BCUT2D eigenvalue weighted by molar-refractivity contribution is 7.99. The fourth-order valence-electron chi connectivity index (χ4n) is 1.98. The second-order valence-corrected chi connectivity index (χ2v) is 5.92. The van der Waals surface area contributed by atoms with E-state index >= 15 is 0 Å². The van der Waals surface area contributed by atoms with Gasteiger partial charge in [0, 0.05) is 16.9 Å². The maximum absolute atomic E-state index is 7.34. The molecule has 6 nitrogen and oxygen atoms in total. The predicted molar refractivity (Wildman–Crippen MR) is 93.4 cm³/mol. The molecule has 24 heavy (non-hydrogen) atoms. The van der Waals surface area contributed by atoms with Gasteiger partial charge in [0.2, 0.25) is 5.89 Å². The summed E-state index contributed by atoms with van der Waals surface area (Å²) in [6.45, 7) is 0.507. The van der Waals surface area contributed by atoms with E-state index in [4.69, 9.17) is 20.3 Å². The maximum atomic E-state index is 7.34. The van der Waals surface area contributed by atoms with E-state index < -0.39 is 0 Å². The van der Waals surface area contributed by atoms with Gasteiger partial charge in [-0.15, -0.1) is 10.2 Å². The van der Waals surface area contributed by atoms with Crippen molar-refractivity contribution in [1.82, 2.24) is 10.2 Å². The van der Waals surface area contributed by atoms with Crippen LogP contribution in [0.5, 0.6) is 5.75 Å². The number of nitrogens with two attached hydrogens (primary N) is 1. The van der Waals surface area contributed by atoms with Gasteiger partial charge in [-0.1, -0.05) is 30.0 Å². The molecule has 0 atom stereocenters. The van der Waals surface area contributed by atoms with Gasteiger partial charge in [-0.3, -0.25) is 5.41 Å². The fourth-order valence-corrected chi connectivity index (χ4v) is 2.56. The first-order chi connectivity index (χ1) is 11.7. The smallest absolute Gasteiger partial charge is 0.276 e. The summed E-state index contributed by atoms with van der Waals surface area (Å²) in [5.74, 6) is 1.97. The van der Waals surface area contributed by atoms with Crippen LogP contribution in [0.4, 0.5) is 0 Å². The van der Waals surface area contributed by atoms with Crippen LogP contribution in [-0.4, -0.2) is 28.4 Å². The molecule has 0 aliphatic carbocycles. The lowest BCUT2D eigenvalue weighted by Gasteiger charge is -2.05. The van der Waals surface area contributed by atoms with E-state index in [1.807, 2.05) is 30.3 Å². The quantitative estimate of drug-likeness (QED) is 0.297. The molecule has 0 saturated carbocycles. The maximum Gasteiger partial charge on any atom is 0.276 e. The largest absolute Gasteiger partial charge is 0.493 e. The third-order valence-electron chi connectivity index (χ3n) is 3.17. The molecule has 3 rings (SSSR count). The van der Waals surface area contributed by atoms with Crippen LogP contribution in [0.3, 0.4) is 0 Å². The lowest BCUT2D eigenvalue weighted by molar-refractivity contribution is 0.343. The molecule has 0 radical (unpaired) electrons. The molecule has 3 N–H and O–H groups in total. The number of amidine groups is 1. The van der Waals surface area contributed by atoms with Crippen molar-refractivity contribution >= 4 is 17.6 Å². The minimum absolute atomic E-state index is 0.0442. The summed E-state index contributed by atoms with van der Waals surface area (Å²) in [4.78, 5) is 0. The molecule has 0 bridgehead atoms. The first kappa shape index (κ1) is 16.1. The Labute approximate surface area is 143 Å². The number of rotatable bonds is 7. The highest BCUT2D eigenvalue weighted by atomic mass is 32.2. The zero-order valence-corrected chi connectivity index (χ0v) is 13.6. The Morgan fingerprint density at radius 3 is 2.54 bits per heavy atom. The first-order valence-electron chi connectivity index (χ1n) is 7.31. The van der Waals surface area contributed by atoms with Crippen LogP contribution in [-0.2, 0) is 0 Å². The molecular formula is C17H16N4O2S. The molecule has 7 heteroatoms. The van der Waals surface area contributed by atoms with E-state index in [0.717, 1.165) is 11.3 Å². The molecule has 0 aliphatic rings. The van der Waals surface area contributed by atoms with E-state index in [2.05, 4.69) is 10.2 Å². The van der Waals surface area contributed by atoms with Gasteiger partial charge in [0.1, 0.15) is 11.6 Å². The number of ether oxygens (including phenoxy) is 1. The van der Waals surface area contributed by atoms with Gasteiger partial charge in [-0.2, -0.15) is 0 Å².